The van der Waals surface area contributed by atoms with Crippen LogP contribution in [0.15, 0.2) is 54.6 Å². The van der Waals surface area contributed by atoms with E-state index in [0.717, 1.165) is 5.39 Å². The van der Waals surface area contributed by atoms with Crippen LogP contribution in [0, 0.1) is 0 Å². The summed E-state index contributed by atoms with van der Waals surface area (Å²) in [6, 6.07) is 14.5. The van der Waals surface area contributed by atoms with Gasteiger partial charge in [0.2, 0.25) is 0 Å². The Morgan fingerprint density at radius 2 is 1.84 bits per heavy atom. The number of fused-ring (bicyclic) bond motifs is 1. The Labute approximate surface area is 140 Å². The van der Waals surface area contributed by atoms with Crippen molar-refractivity contribution in [3.63, 3.8) is 0 Å². The van der Waals surface area contributed by atoms with E-state index in [1.807, 2.05) is 12.1 Å². The molecular weight excluding hydrogens is 335 g/mol. The smallest absolute Gasteiger partial charge is 0.463 e. The zero-order valence-corrected chi connectivity index (χ0v) is 12.8. The number of halogens is 3. The molecule has 3 aromatic rings. The molecule has 0 amide bonds. The summed E-state index contributed by atoms with van der Waals surface area (Å²) in [5.41, 5.74) is 2.28. The second-order valence-electron chi connectivity index (χ2n) is 5.17. The lowest BCUT2D eigenvalue weighted by molar-refractivity contribution is -0.274. The maximum Gasteiger partial charge on any atom is 0.573 e. The number of rotatable bonds is 5. The molecular formula is C18H12F3NO3. The third-order valence-electron chi connectivity index (χ3n) is 3.47. The summed E-state index contributed by atoms with van der Waals surface area (Å²) in [5.74, 6) is -0.315. The Hall–Kier alpha value is -3.09. The van der Waals surface area contributed by atoms with Crippen molar-refractivity contribution in [3.8, 4) is 17.0 Å². The Kier molecular flexibility index (Phi) is 4.56. The molecule has 0 aliphatic carbocycles. The summed E-state index contributed by atoms with van der Waals surface area (Å²) in [5, 5.41) is 0.832. The average Bonchev–Trinajstić information content (AvgIpc) is 2.58. The highest BCUT2D eigenvalue weighted by Crippen LogP contribution is 2.28. The van der Waals surface area contributed by atoms with Gasteiger partial charge < -0.3 is 9.47 Å². The number of carbonyl (C=O) groups excluding carboxylic acids is 1. The fourth-order valence-corrected chi connectivity index (χ4v) is 2.46. The van der Waals surface area contributed by atoms with E-state index in [-0.39, 0.29) is 12.4 Å². The van der Waals surface area contributed by atoms with Crippen LogP contribution in [-0.4, -0.2) is 17.8 Å². The van der Waals surface area contributed by atoms with Gasteiger partial charge in [0.15, 0.2) is 0 Å². The number of benzene rings is 2. The molecule has 0 spiro atoms. The Morgan fingerprint density at radius 1 is 1.04 bits per heavy atom. The van der Waals surface area contributed by atoms with Crippen molar-refractivity contribution in [1.82, 2.24) is 4.98 Å². The van der Waals surface area contributed by atoms with E-state index < -0.39 is 6.36 Å². The number of hydrogen-bond donors (Lipinski definition) is 0. The number of nitrogens with zero attached hydrogens (tertiary/aromatic N) is 1. The molecule has 0 saturated carbocycles. The van der Waals surface area contributed by atoms with Crippen molar-refractivity contribution in [2.45, 2.75) is 13.0 Å². The van der Waals surface area contributed by atoms with Crippen LogP contribution in [0.25, 0.3) is 22.2 Å². The molecule has 0 aliphatic heterocycles. The number of alkyl halides is 3. The van der Waals surface area contributed by atoms with Gasteiger partial charge in [-0.2, -0.15) is 0 Å². The van der Waals surface area contributed by atoms with Gasteiger partial charge >= 0.3 is 6.36 Å². The molecule has 1 aromatic heterocycles. The minimum absolute atomic E-state index is 0.0640. The SMILES string of the molecule is O=COCc1cccc2ccc(-c3cccc(OC(F)(F)F)c3)nc12. The molecule has 0 fully saturated rings. The van der Waals surface area contributed by atoms with Crippen LogP contribution in [0.3, 0.4) is 0 Å². The lowest BCUT2D eigenvalue weighted by Crippen LogP contribution is -2.17. The monoisotopic (exact) mass is 347 g/mol. The van der Waals surface area contributed by atoms with Crippen LogP contribution >= 0.6 is 0 Å². The molecule has 25 heavy (non-hydrogen) atoms. The molecule has 2 aromatic carbocycles. The molecule has 0 N–H and O–H groups in total. The first-order chi connectivity index (χ1) is 12.0. The molecule has 128 valence electrons. The van der Waals surface area contributed by atoms with Gasteiger partial charge in [0.05, 0.1) is 11.2 Å². The second kappa shape index (κ2) is 6.80. The highest BCUT2D eigenvalue weighted by Gasteiger charge is 2.31. The van der Waals surface area contributed by atoms with Gasteiger partial charge in [0.25, 0.3) is 6.47 Å². The van der Waals surface area contributed by atoms with E-state index in [0.29, 0.717) is 28.8 Å². The lowest BCUT2D eigenvalue weighted by atomic mass is 10.1. The summed E-state index contributed by atoms with van der Waals surface area (Å²) in [7, 11) is 0. The topological polar surface area (TPSA) is 48.4 Å². The quantitative estimate of drug-likeness (QED) is 0.639. The minimum Gasteiger partial charge on any atom is -0.463 e. The first-order valence-corrected chi connectivity index (χ1v) is 7.26. The summed E-state index contributed by atoms with van der Waals surface area (Å²) < 4.78 is 45.8. The van der Waals surface area contributed by atoms with Gasteiger partial charge in [-0.1, -0.05) is 36.4 Å². The van der Waals surface area contributed by atoms with Crippen LogP contribution in [0.4, 0.5) is 13.2 Å². The van der Waals surface area contributed by atoms with E-state index >= 15 is 0 Å². The van der Waals surface area contributed by atoms with Gasteiger partial charge in [-0.05, 0) is 18.2 Å². The van der Waals surface area contributed by atoms with Crippen molar-refractivity contribution in [2.75, 3.05) is 0 Å². The Balaban J connectivity index is 2.01. The summed E-state index contributed by atoms with van der Waals surface area (Å²) in [4.78, 5) is 14.9. The molecule has 0 radical (unpaired) electrons. The highest BCUT2D eigenvalue weighted by molar-refractivity contribution is 5.84. The number of ether oxygens (including phenoxy) is 2. The van der Waals surface area contributed by atoms with Crippen molar-refractivity contribution in [3.05, 3.63) is 60.2 Å². The number of aromatic nitrogens is 1. The summed E-state index contributed by atoms with van der Waals surface area (Å²) in [6.07, 6.45) is -4.76. The predicted molar refractivity (Wildman–Crippen MR) is 84.7 cm³/mol. The lowest BCUT2D eigenvalue weighted by Gasteiger charge is -2.11. The van der Waals surface area contributed by atoms with E-state index in [9.17, 15) is 18.0 Å². The zero-order chi connectivity index (χ0) is 17.9. The van der Waals surface area contributed by atoms with Gasteiger partial charge in [0.1, 0.15) is 12.4 Å². The van der Waals surface area contributed by atoms with Crippen molar-refractivity contribution in [2.24, 2.45) is 0 Å². The molecule has 0 aliphatic rings. The normalized spacial score (nSPS) is 11.3. The third kappa shape index (κ3) is 4.06. The van der Waals surface area contributed by atoms with Gasteiger partial charge in [-0.3, -0.25) is 4.79 Å². The van der Waals surface area contributed by atoms with E-state index in [1.54, 1.807) is 24.3 Å². The van der Waals surface area contributed by atoms with E-state index in [4.69, 9.17) is 4.74 Å². The summed E-state index contributed by atoms with van der Waals surface area (Å²) >= 11 is 0. The van der Waals surface area contributed by atoms with Gasteiger partial charge in [-0.15, -0.1) is 13.2 Å². The number of pyridine rings is 1. The molecule has 7 heteroatoms. The molecule has 1 heterocycles. The number of hydrogen-bond acceptors (Lipinski definition) is 4. The van der Waals surface area contributed by atoms with Crippen molar-refractivity contribution >= 4 is 17.4 Å². The fourth-order valence-electron chi connectivity index (χ4n) is 2.46. The maximum absolute atomic E-state index is 12.4. The first-order valence-electron chi connectivity index (χ1n) is 7.26. The Morgan fingerprint density at radius 3 is 2.60 bits per heavy atom. The zero-order valence-electron chi connectivity index (χ0n) is 12.8. The van der Waals surface area contributed by atoms with E-state index in [2.05, 4.69) is 9.72 Å². The van der Waals surface area contributed by atoms with Crippen LogP contribution in [0.5, 0.6) is 5.75 Å². The molecule has 4 nitrogen and oxygen atoms in total. The average molecular weight is 347 g/mol. The molecule has 3 rings (SSSR count). The second-order valence-corrected chi connectivity index (χ2v) is 5.17. The third-order valence-corrected chi connectivity index (χ3v) is 3.47. The molecule has 0 unspecified atom stereocenters. The molecule has 0 saturated heterocycles. The molecule has 0 atom stereocenters. The fraction of sp³-hybridized carbons (Fsp3) is 0.111. The highest BCUT2D eigenvalue weighted by atomic mass is 19.4. The van der Waals surface area contributed by atoms with Gasteiger partial charge in [0, 0.05) is 16.5 Å². The molecule has 0 bridgehead atoms. The van der Waals surface area contributed by atoms with Gasteiger partial charge in [-0.25, -0.2) is 4.98 Å². The van der Waals surface area contributed by atoms with Crippen LogP contribution in [-0.2, 0) is 16.1 Å². The van der Waals surface area contributed by atoms with Crippen LogP contribution in [0.2, 0.25) is 0 Å². The minimum atomic E-state index is -4.76. The largest absolute Gasteiger partial charge is 0.573 e. The standard InChI is InChI=1S/C18H12F3NO3/c19-18(20,21)25-15-6-2-4-13(9-15)16-8-7-12-3-1-5-14(10-24-11-23)17(12)22-16/h1-9,11H,10H2. The van der Waals surface area contributed by atoms with Crippen LogP contribution < -0.4 is 4.74 Å². The van der Waals surface area contributed by atoms with E-state index in [1.165, 1.54) is 18.2 Å². The number of para-hydroxylation sites is 1. The van der Waals surface area contributed by atoms with Crippen molar-refractivity contribution < 1.29 is 27.4 Å². The predicted octanol–water partition coefficient (Wildman–Crippen LogP) is 4.47. The Bertz CT molecular complexity index is 909. The maximum atomic E-state index is 12.4. The first kappa shape index (κ1) is 16.8. The summed E-state index contributed by atoms with van der Waals surface area (Å²) in [6.45, 7) is 0.412. The van der Waals surface area contributed by atoms with Crippen molar-refractivity contribution in [1.29, 1.82) is 0 Å². The van der Waals surface area contributed by atoms with Crippen LogP contribution in [0.1, 0.15) is 5.56 Å². The number of carbonyl (C=O) groups is 1.